The molecule has 17 heavy (non-hydrogen) atoms. The van der Waals surface area contributed by atoms with Gasteiger partial charge in [-0.3, -0.25) is 0 Å². The smallest absolute Gasteiger partial charge is 0.214 e. The molecule has 0 aromatic carbocycles. The lowest BCUT2D eigenvalue weighted by Gasteiger charge is -2.32. The highest BCUT2D eigenvalue weighted by molar-refractivity contribution is 5.49. The van der Waals surface area contributed by atoms with E-state index >= 15 is 0 Å². The highest BCUT2D eigenvalue weighted by Crippen LogP contribution is 2.22. The van der Waals surface area contributed by atoms with Crippen LogP contribution in [0.4, 0.5) is 5.69 Å². The number of hydrogen-bond donors (Lipinski definition) is 1. The van der Waals surface area contributed by atoms with Gasteiger partial charge in [-0.15, -0.1) is 0 Å². The molecule has 0 aliphatic rings. The van der Waals surface area contributed by atoms with Gasteiger partial charge in [-0.25, -0.2) is 4.98 Å². The number of nitrogens with two attached hydrogens (primary N) is 1. The summed E-state index contributed by atoms with van der Waals surface area (Å²) in [4.78, 5) is 6.47. The first kappa shape index (κ1) is 13.8. The van der Waals surface area contributed by atoms with Crippen LogP contribution in [0.5, 0.6) is 5.88 Å². The van der Waals surface area contributed by atoms with E-state index < -0.39 is 0 Å². The van der Waals surface area contributed by atoms with Crippen LogP contribution in [0.15, 0.2) is 18.3 Å². The summed E-state index contributed by atoms with van der Waals surface area (Å²) in [6, 6.07) is 4.50. The molecule has 2 N–H and O–H groups in total. The molecule has 1 aromatic rings. The lowest BCUT2D eigenvalue weighted by atomic mass is 10.1. The molecular formula is C13H23N3O. The van der Waals surface area contributed by atoms with Gasteiger partial charge in [0.15, 0.2) is 0 Å². The molecule has 0 saturated heterocycles. The second-order valence-corrected chi connectivity index (χ2v) is 4.01. The summed E-state index contributed by atoms with van der Waals surface area (Å²) in [6.45, 7) is 5.92. The molecule has 1 rings (SSSR count). The largest absolute Gasteiger partial charge is 0.481 e. The maximum atomic E-state index is 5.70. The number of aromatic nitrogens is 1. The Bertz CT molecular complexity index is 326. The van der Waals surface area contributed by atoms with Crippen LogP contribution < -0.4 is 15.4 Å². The second kappa shape index (κ2) is 7.12. The second-order valence-electron chi connectivity index (χ2n) is 4.01. The zero-order valence-electron chi connectivity index (χ0n) is 11.0. The molecule has 0 unspecified atom stereocenters. The number of anilines is 1. The summed E-state index contributed by atoms with van der Waals surface area (Å²) in [5.41, 5.74) is 6.83. The van der Waals surface area contributed by atoms with Crippen molar-refractivity contribution in [3.05, 3.63) is 18.3 Å². The molecule has 0 aliphatic heterocycles. The van der Waals surface area contributed by atoms with Crippen LogP contribution in [0.3, 0.4) is 0 Å². The fraction of sp³-hybridized carbons (Fsp3) is 0.615. The number of pyridine rings is 1. The molecule has 0 bridgehead atoms. The summed E-state index contributed by atoms with van der Waals surface area (Å²) < 4.78 is 5.16. The molecule has 0 fully saturated rings. The monoisotopic (exact) mass is 237 g/mol. The zero-order chi connectivity index (χ0) is 12.7. The third kappa shape index (κ3) is 3.60. The van der Waals surface area contributed by atoms with E-state index in [4.69, 9.17) is 10.5 Å². The maximum Gasteiger partial charge on any atom is 0.214 e. The van der Waals surface area contributed by atoms with Gasteiger partial charge in [0.25, 0.3) is 0 Å². The van der Waals surface area contributed by atoms with Gasteiger partial charge in [0.1, 0.15) is 0 Å². The Labute approximate surface area is 104 Å². The summed E-state index contributed by atoms with van der Waals surface area (Å²) in [5, 5.41) is 0. The van der Waals surface area contributed by atoms with Gasteiger partial charge in [-0.05, 0) is 18.9 Å². The number of ether oxygens (including phenoxy) is 1. The molecule has 1 heterocycles. The van der Waals surface area contributed by atoms with Crippen molar-refractivity contribution in [3.8, 4) is 5.88 Å². The van der Waals surface area contributed by atoms with Crippen molar-refractivity contribution in [1.29, 1.82) is 0 Å². The van der Waals surface area contributed by atoms with E-state index in [2.05, 4.69) is 23.7 Å². The molecule has 4 heteroatoms. The minimum atomic E-state index is 0.519. The van der Waals surface area contributed by atoms with Crippen molar-refractivity contribution in [2.75, 3.05) is 25.1 Å². The zero-order valence-corrected chi connectivity index (χ0v) is 11.0. The first-order chi connectivity index (χ1) is 8.26. The average molecular weight is 237 g/mol. The third-order valence-electron chi connectivity index (χ3n) is 3.01. The van der Waals surface area contributed by atoms with Gasteiger partial charge in [0, 0.05) is 37.1 Å². The van der Waals surface area contributed by atoms with E-state index in [9.17, 15) is 0 Å². The summed E-state index contributed by atoms with van der Waals surface area (Å²) in [7, 11) is 1.64. The number of rotatable bonds is 7. The number of hydrogen-bond acceptors (Lipinski definition) is 4. The third-order valence-corrected chi connectivity index (χ3v) is 3.01. The highest BCUT2D eigenvalue weighted by Gasteiger charge is 2.15. The van der Waals surface area contributed by atoms with Crippen molar-refractivity contribution in [3.63, 3.8) is 0 Å². The van der Waals surface area contributed by atoms with Gasteiger partial charge < -0.3 is 15.4 Å². The predicted molar refractivity (Wildman–Crippen MR) is 71.6 cm³/mol. The molecule has 0 radical (unpaired) electrons. The van der Waals surface area contributed by atoms with E-state index in [1.165, 1.54) is 0 Å². The standard InChI is InChI=1S/C13H23N3O/c1-4-11(5-2)16(9-7-14)12-6-8-15-13(10-12)17-3/h6,8,10-11H,4-5,7,9,14H2,1-3H3. The molecule has 0 aliphatic carbocycles. The maximum absolute atomic E-state index is 5.70. The topological polar surface area (TPSA) is 51.4 Å². The summed E-state index contributed by atoms with van der Waals surface area (Å²) in [6.07, 6.45) is 4.00. The Kier molecular flexibility index (Phi) is 5.77. The Hall–Kier alpha value is -1.29. The Morgan fingerprint density at radius 1 is 1.41 bits per heavy atom. The SMILES string of the molecule is CCC(CC)N(CCN)c1ccnc(OC)c1. The summed E-state index contributed by atoms with van der Waals surface area (Å²) >= 11 is 0. The van der Waals surface area contributed by atoms with Crippen molar-refractivity contribution >= 4 is 5.69 Å². The van der Waals surface area contributed by atoms with E-state index in [0.29, 0.717) is 18.5 Å². The first-order valence-corrected chi connectivity index (χ1v) is 6.23. The quantitative estimate of drug-likeness (QED) is 0.788. The predicted octanol–water partition coefficient (Wildman–Crippen LogP) is 2.04. The van der Waals surface area contributed by atoms with E-state index in [-0.39, 0.29) is 0 Å². The van der Waals surface area contributed by atoms with Crippen LogP contribution in [-0.4, -0.2) is 31.2 Å². The molecule has 0 atom stereocenters. The van der Waals surface area contributed by atoms with Crippen LogP contribution in [-0.2, 0) is 0 Å². The molecule has 96 valence electrons. The fourth-order valence-corrected chi connectivity index (χ4v) is 2.08. The highest BCUT2D eigenvalue weighted by atomic mass is 16.5. The Morgan fingerprint density at radius 3 is 2.65 bits per heavy atom. The minimum Gasteiger partial charge on any atom is -0.481 e. The van der Waals surface area contributed by atoms with E-state index in [1.54, 1.807) is 13.3 Å². The molecule has 0 spiro atoms. The van der Waals surface area contributed by atoms with Crippen LogP contribution in [0.1, 0.15) is 26.7 Å². The fourth-order valence-electron chi connectivity index (χ4n) is 2.08. The summed E-state index contributed by atoms with van der Waals surface area (Å²) in [5.74, 6) is 0.649. The molecule has 4 nitrogen and oxygen atoms in total. The lowest BCUT2D eigenvalue weighted by Crippen LogP contribution is -2.38. The Morgan fingerprint density at radius 2 is 2.12 bits per heavy atom. The number of nitrogens with zero attached hydrogens (tertiary/aromatic N) is 2. The van der Waals surface area contributed by atoms with Gasteiger partial charge in [-0.2, -0.15) is 0 Å². The van der Waals surface area contributed by atoms with Crippen LogP contribution in [0, 0.1) is 0 Å². The van der Waals surface area contributed by atoms with E-state index in [0.717, 1.165) is 25.1 Å². The van der Waals surface area contributed by atoms with Gasteiger partial charge in [0.2, 0.25) is 5.88 Å². The van der Waals surface area contributed by atoms with Crippen LogP contribution in [0.25, 0.3) is 0 Å². The molecule has 0 saturated carbocycles. The average Bonchev–Trinajstić information content (AvgIpc) is 2.39. The van der Waals surface area contributed by atoms with E-state index in [1.807, 2.05) is 12.1 Å². The molecular weight excluding hydrogens is 214 g/mol. The van der Waals surface area contributed by atoms with Crippen LogP contribution >= 0.6 is 0 Å². The lowest BCUT2D eigenvalue weighted by molar-refractivity contribution is 0.397. The minimum absolute atomic E-state index is 0.519. The van der Waals surface area contributed by atoms with Gasteiger partial charge in [-0.1, -0.05) is 13.8 Å². The van der Waals surface area contributed by atoms with Crippen molar-refractivity contribution in [2.45, 2.75) is 32.7 Å². The number of methoxy groups -OCH3 is 1. The normalized spacial score (nSPS) is 10.6. The molecule has 1 aromatic heterocycles. The van der Waals surface area contributed by atoms with Gasteiger partial charge >= 0.3 is 0 Å². The molecule has 0 amide bonds. The van der Waals surface area contributed by atoms with Crippen LogP contribution in [0.2, 0.25) is 0 Å². The van der Waals surface area contributed by atoms with Crippen molar-refractivity contribution in [2.24, 2.45) is 5.73 Å². The van der Waals surface area contributed by atoms with Crippen molar-refractivity contribution < 1.29 is 4.74 Å². The van der Waals surface area contributed by atoms with Gasteiger partial charge in [0.05, 0.1) is 7.11 Å². The van der Waals surface area contributed by atoms with Crippen molar-refractivity contribution in [1.82, 2.24) is 4.98 Å². The Balaban J connectivity index is 2.94. The first-order valence-electron chi connectivity index (χ1n) is 6.23.